The maximum atomic E-state index is 12.5. The second-order valence-corrected chi connectivity index (χ2v) is 14.2. The number of ether oxygens (including phenoxy) is 2. The van der Waals surface area contributed by atoms with Crippen molar-refractivity contribution < 1.29 is 18.7 Å². The third-order valence-electron chi connectivity index (χ3n) is 6.07. The lowest BCUT2D eigenvalue weighted by molar-refractivity contribution is -0.178. The maximum Gasteiger partial charge on any atom is 0.250 e. The first-order valence-electron chi connectivity index (χ1n) is 10.4. The molecule has 1 aliphatic carbocycles. The molecule has 1 aliphatic heterocycles. The number of ketones is 1. The predicted molar refractivity (Wildman–Crippen MR) is 114 cm³/mol. The fraction of sp³-hybridized carbons (Fsp3) is 0.609. The monoisotopic (exact) mass is 402 g/mol. The highest BCUT2D eigenvalue weighted by Crippen LogP contribution is 2.37. The molecule has 1 heterocycles. The van der Waals surface area contributed by atoms with Crippen molar-refractivity contribution in [3.63, 3.8) is 0 Å². The van der Waals surface area contributed by atoms with Crippen LogP contribution in [0.2, 0.25) is 18.1 Å². The highest BCUT2D eigenvalue weighted by molar-refractivity contribution is 6.74. The molecule has 1 unspecified atom stereocenters. The van der Waals surface area contributed by atoms with Gasteiger partial charge in [0, 0.05) is 19.4 Å². The Morgan fingerprint density at radius 2 is 2.00 bits per heavy atom. The Labute approximate surface area is 170 Å². The lowest BCUT2D eigenvalue weighted by Gasteiger charge is -2.36. The molecule has 1 aromatic rings. The number of carbonyl (C=O) groups excluding carboxylic acids is 1. The number of hydrogen-bond acceptors (Lipinski definition) is 4. The Balaban J connectivity index is 1.64. The first-order chi connectivity index (χ1) is 13.1. The molecular formula is C23H34O4Si. The van der Waals surface area contributed by atoms with Gasteiger partial charge in [-0.05, 0) is 66.7 Å². The van der Waals surface area contributed by atoms with E-state index < -0.39 is 8.32 Å². The normalized spacial score (nSPS) is 23.6. The predicted octanol–water partition coefficient (Wildman–Crippen LogP) is 5.42. The zero-order valence-corrected chi connectivity index (χ0v) is 18.9. The minimum absolute atomic E-state index is 0.151. The van der Waals surface area contributed by atoms with Gasteiger partial charge in [0.1, 0.15) is 5.75 Å². The molecule has 0 aromatic heterocycles. The van der Waals surface area contributed by atoms with Crippen LogP contribution < -0.4 is 4.43 Å². The molecule has 0 radical (unpaired) electrons. The number of allylic oxidation sites excluding steroid dienone is 1. The summed E-state index contributed by atoms with van der Waals surface area (Å²) in [6.07, 6.45) is 5.86. The minimum Gasteiger partial charge on any atom is -0.543 e. The van der Waals surface area contributed by atoms with Crippen LogP contribution in [0.1, 0.15) is 52.0 Å². The Hall–Kier alpha value is -1.43. The molecule has 3 rings (SSSR count). The summed E-state index contributed by atoms with van der Waals surface area (Å²) in [4.78, 5) is 12.5. The minimum atomic E-state index is -1.88. The van der Waals surface area contributed by atoms with E-state index in [1.165, 1.54) is 0 Å². The Morgan fingerprint density at radius 3 is 2.68 bits per heavy atom. The molecule has 1 fully saturated rings. The quantitative estimate of drug-likeness (QED) is 0.596. The van der Waals surface area contributed by atoms with E-state index in [9.17, 15) is 4.79 Å². The highest BCUT2D eigenvalue weighted by Gasteiger charge is 2.39. The van der Waals surface area contributed by atoms with E-state index in [-0.39, 0.29) is 23.2 Å². The average molecular weight is 403 g/mol. The Kier molecular flexibility index (Phi) is 6.47. The molecule has 2 aliphatic rings. The van der Waals surface area contributed by atoms with Crippen LogP contribution in [0.25, 0.3) is 0 Å². The van der Waals surface area contributed by atoms with Gasteiger partial charge in [-0.15, -0.1) is 0 Å². The maximum absolute atomic E-state index is 12.5. The van der Waals surface area contributed by atoms with Gasteiger partial charge in [0.25, 0.3) is 0 Å². The van der Waals surface area contributed by atoms with Gasteiger partial charge in [-0.25, -0.2) is 0 Å². The van der Waals surface area contributed by atoms with E-state index in [4.69, 9.17) is 13.9 Å². The second kappa shape index (κ2) is 8.52. The Morgan fingerprint density at radius 1 is 1.21 bits per heavy atom. The molecular weight excluding hydrogens is 368 g/mol. The van der Waals surface area contributed by atoms with Crippen LogP contribution in [0.15, 0.2) is 35.9 Å². The van der Waals surface area contributed by atoms with Crippen LogP contribution in [0.4, 0.5) is 0 Å². The summed E-state index contributed by atoms with van der Waals surface area (Å²) in [5, 5.41) is 0.151. The van der Waals surface area contributed by atoms with E-state index in [0.717, 1.165) is 42.8 Å². The van der Waals surface area contributed by atoms with Crippen molar-refractivity contribution in [3.8, 4) is 5.75 Å². The van der Waals surface area contributed by atoms with Crippen molar-refractivity contribution in [1.82, 2.24) is 0 Å². The summed E-state index contributed by atoms with van der Waals surface area (Å²) in [6.45, 7) is 12.0. The average Bonchev–Trinajstić information content (AvgIpc) is 2.94. The van der Waals surface area contributed by atoms with Crippen molar-refractivity contribution in [2.45, 2.75) is 83.4 Å². The first kappa shape index (κ1) is 21.3. The summed E-state index contributed by atoms with van der Waals surface area (Å²) in [5.74, 6) is 1.08. The van der Waals surface area contributed by atoms with Crippen molar-refractivity contribution in [3.05, 3.63) is 41.5 Å². The molecule has 1 saturated heterocycles. The summed E-state index contributed by atoms with van der Waals surface area (Å²) in [6, 6.07) is 8.17. The summed E-state index contributed by atoms with van der Waals surface area (Å²) in [7, 11) is -1.88. The molecule has 0 spiro atoms. The molecule has 0 N–H and O–H groups in total. The largest absolute Gasteiger partial charge is 0.543 e. The summed E-state index contributed by atoms with van der Waals surface area (Å²) in [5.41, 5.74) is 1.94. The second-order valence-electron chi connectivity index (χ2n) is 9.48. The molecule has 0 amide bonds. The number of rotatable bonds is 6. The first-order valence-corrected chi connectivity index (χ1v) is 13.3. The zero-order valence-electron chi connectivity index (χ0n) is 17.9. The van der Waals surface area contributed by atoms with Gasteiger partial charge in [-0.1, -0.05) is 32.9 Å². The van der Waals surface area contributed by atoms with E-state index in [0.29, 0.717) is 12.8 Å². The van der Waals surface area contributed by atoms with Crippen molar-refractivity contribution >= 4 is 14.1 Å². The number of carbonyl (C=O) groups is 1. The van der Waals surface area contributed by atoms with Crippen molar-refractivity contribution in [2.24, 2.45) is 0 Å². The molecule has 28 heavy (non-hydrogen) atoms. The standard InChI is InChI=1S/C23H34O4Si/c1-23(2,3)28(4,5)27-19-10-8-9-17(14-19)13-18-15-20(16-21(18)24)26-22-11-6-7-12-25-22/h8-10,14-15,20,22H,6-7,11-13,16H2,1-5H3/t20?,22-/m1/s1. The van der Waals surface area contributed by atoms with Gasteiger partial charge < -0.3 is 13.9 Å². The van der Waals surface area contributed by atoms with E-state index in [2.05, 4.69) is 46.0 Å². The third kappa shape index (κ3) is 5.34. The fourth-order valence-corrected chi connectivity index (χ4v) is 4.36. The van der Waals surface area contributed by atoms with Gasteiger partial charge in [-0.2, -0.15) is 0 Å². The lowest BCUT2D eigenvalue weighted by Crippen LogP contribution is -2.43. The molecule has 4 nitrogen and oxygen atoms in total. The summed E-state index contributed by atoms with van der Waals surface area (Å²) < 4.78 is 18.0. The van der Waals surface area contributed by atoms with Crippen LogP contribution in [-0.4, -0.2) is 33.1 Å². The molecule has 0 bridgehead atoms. The molecule has 0 saturated carbocycles. The fourth-order valence-electron chi connectivity index (χ4n) is 3.34. The van der Waals surface area contributed by atoms with Crippen LogP contribution >= 0.6 is 0 Å². The van der Waals surface area contributed by atoms with Crippen LogP contribution in [0, 0.1) is 0 Å². The Bertz CT molecular complexity index is 726. The lowest BCUT2D eigenvalue weighted by atomic mass is 10.0. The van der Waals surface area contributed by atoms with Gasteiger partial charge in [0.15, 0.2) is 12.1 Å². The van der Waals surface area contributed by atoms with Crippen LogP contribution in [0.5, 0.6) is 5.75 Å². The smallest absolute Gasteiger partial charge is 0.250 e. The summed E-state index contributed by atoms with van der Waals surface area (Å²) >= 11 is 0. The van der Waals surface area contributed by atoms with Crippen molar-refractivity contribution in [1.29, 1.82) is 0 Å². The topological polar surface area (TPSA) is 44.8 Å². The van der Waals surface area contributed by atoms with Gasteiger partial charge >= 0.3 is 0 Å². The van der Waals surface area contributed by atoms with Gasteiger partial charge in [0.2, 0.25) is 8.32 Å². The van der Waals surface area contributed by atoms with Gasteiger partial charge in [-0.3, -0.25) is 4.79 Å². The third-order valence-corrected chi connectivity index (χ3v) is 10.4. The molecule has 1 aromatic carbocycles. The van der Waals surface area contributed by atoms with Crippen LogP contribution in [0.3, 0.4) is 0 Å². The zero-order chi connectivity index (χ0) is 20.4. The SMILES string of the molecule is CC(C)(C)[Si](C)(C)Oc1cccc(CC2=CC(O[C@@H]3CCCCO3)CC2=O)c1. The molecule has 2 atom stereocenters. The van der Waals surface area contributed by atoms with Crippen LogP contribution in [-0.2, 0) is 20.7 Å². The number of benzene rings is 1. The van der Waals surface area contributed by atoms with Gasteiger partial charge in [0.05, 0.1) is 6.10 Å². The van der Waals surface area contributed by atoms with E-state index >= 15 is 0 Å². The molecule has 5 heteroatoms. The van der Waals surface area contributed by atoms with Crippen molar-refractivity contribution in [2.75, 3.05) is 6.61 Å². The van der Waals surface area contributed by atoms with E-state index in [1.54, 1.807) is 0 Å². The highest BCUT2D eigenvalue weighted by atomic mass is 28.4. The van der Waals surface area contributed by atoms with E-state index in [1.807, 2.05) is 18.2 Å². The number of hydrogen-bond donors (Lipinski definition) is 0. The number of Topliss-reactive ketones (excluding diaryl/α,β-unsaturated/α-hetero) is 1. The molecule has 154 valence electrons.